The van der Waals surface area contributed by atoms with Gasteiger partial charge in [0.1, 0.15) is 4.91 Å². The van der Waals surface area contributed by atoms with Crippen molar-refractivity contribution in [3.05, 3.63) is 94.9 Å². The monoisotopic (exact) mass is 415 g/mol. The summed E-state index contributed by atoms with van der Waals surface area (Å²) in [4.78, 5) is 24.0. The van der Waals surface area contributed by atoms with Gasteiger partial charge in [0, 0.05) is 11.9 Å². The quantitative estimate of drug-likeness (QED) is 0.491. The minimum atomic E-state index is -0.0435. The first kappa shape index (κ1) is 18.1. The van der Waals surface area contributed by atoms with Crippen LogP contribution < -0.4 is 9.80 Å². The number of benzene rings is 3. The number of rotatable bonds is 2. The van der Waals surface area contributed by atoms with Crippen LogP contribution in [0, 0.1) is 0 Å². The molecule has 1 amide bonds. The lowest BCUT2D eigenvalue weighted by Gasteiger charge is -2.16. The van der Waals surface area contributed by atoms with Crippen molar-refractivity contribution in [2.45, 2.75) is 4.90 Å². The highest BCUT2D eigenvalue weighted by Gasteiger charge is 2.39. The van der Waals surface area contributed by atoms with E-state index in [2.05, 4.69) is 17.0 Å². The average Bonchev–Trinajstić information content (AvgIpc) is 3.26. The van der Waals surface area contributed by atoms with Gasteiger partial charge in [0.15, 0.2) is 5.17 Å². The molecule has 0 unspecified atom stereocenters. The highest BCUT2D eigenvalue weighted by atomic mass is 32.2. The summed E-state index contributed by atoms with van der Waals surface area (Å²) in [6.07, 6.45) is 0. The van der Waals surface area contributed by atoms with Gasteiger partial charge in [-0.25, -0.2) is 4.99 Å². The molecule has 0 spiro atoms. The molecule has 0 atom stereocenters. The maximum Gasteiger partial charge on any atom is 0.274 e. The molecular formula is C23H17N3OS2. The molecular weight excluding hydrogens is 398 g/mol. The molecule has 2 heterocycles. The maximum absolute atomic E-state index is 13.5. The van der Waals surface area contributed by atoms with Gasteiger partial charge < -0.3 is 4.90 Å². The summed E-state index contributed by atoms with van der Waals surface area (Å²) in [6, 6.07) is 27.6. The molecule has 5 rings (SSSR count). The van der Waals surface area contributed by atoms with E-state index in [0.717, 1.165) is 27.0 Å². The zero-order valence-corrected chi connectivity index (χ0v) is 17.3. The van der Waals surface area contributed by atoms with Crippen LogP contribution in [-0.4, -0.2) is 18.1 Å². The van der Waals surface area contributed by atoms with E-state index in [0.29, 0.717) is 10.1 Å². The first-order valence-corrected chi connectivity index (χ1v) is 10.8. The molecule has 0 bridgehead atoms. The topological polar surface area (TPSA) is 35.9 Å². The van der Waals surface area contributed by atoms with Crippen molar-refractivity contribution in [3.8, 4) is 0 Å². The molecule has 0 radical (unpaired) electrons. The summed E-state index contributed by atoms with van der Waals surface area (Å²) >= 11 is 3.06. The number of thioether (sulfide) groups is 2. The van der Waals surface area contributed by atoms with Crippen LogP contribution in [0.5, 0.6) is 0 Å². The first-order valence-electron chi connectivity index (χ1n) is 9.18. The molecule has 4 nitrogen and oxygen atoms in total. The Morgan fingerprint density at radius 1 is 0.793 bits per heavy atom. The number of para-hydroxylation sites is 3. The molecule has 1 fully saturated rings. The van der Waals surface area contributed by atoms with Gasteiger partial charge in [-0.15, -0.1) is 0 Å². The van der Waals surface area contributed by atoms with Gasteiger partial charge >= 0.3 is 0 Å². The molecule has 3 aromatic carbocycles. The number of hydrogen-bond donors (Lipinski definition) is 0. The van der Waals surface area contributed by atoms with Crippen LogP contribution in [0.1, 0.15) is 0 Å². The fourth-order valence-electron chi connectivity index (χ4n) is 3.30. The van der Waals surface area contributed by atoms with Crippen molar-refractivity contribution in [2.75, 3.05) is 16.8 Å². The molecule has 0 N–H and O–H groups in total. The molecule has 2 aliphatic rings. The number of anilines is 2. The second-order valence-corrected chi connectivity index (χ2v) is 8.58. The molecule has 1 saturated heterocycles. The van der Waals surface area contributed by atoms with E-state index in [1.165, 1.54) is 11.8 Å². The summed E-state index contributed by atoms with van der Waals surface area (Å²) in [7, 11) is 2.01. The Kier molecular flexibility index (Phi) is 4.66. The number of amidine groups is 1. The number of fused-ring (bicyclic) bond motifs is 1. The van der Waals surface area contributed by atoms with Gasteiger partial charge in [0.25, 0.3) is 5.91 Å². The lowest BCUT2D eigenvalue weighted by Crippen LogP contribution is -2.29. The predicted octanol–water partition coefficient (Wildman–Crippen LogP) is 5.87. The summed E-state index contributed by atoms with van der Waals surface area (Å²) < 4.78 is 0. The molecule has 6 heteroatoms. The summed E-state index contributed by atoms with van der Waals surface area (Å²) in [5.41, 5.74) is 2.76. The highest BCUT2D eigenvalue weighted by molar-refractivity contribution is 8.20. The van der Waals surface area contributed by atoms with E-state index in [-0.39, 0.29) is 5.91 Å². The molecule has 3 aromatic rings. The smallest absolute Gasteiger partial charge is 0.274 e. The van der Waals surface area contributed by atoms with E-state index in [9.17, 15) is 4.79 Å². The zero-order valence-electron chi connectivity index (χ0n) is 15.6. The summed E-state index contributed by atoms with van der Waals surface area (Å²) in [6.45, 7) is 0. The average molecular weight is 416 g/mol. The standard InChI is InChI=1S/C23H17N3OS2/c1-25-18-14-8-9-15-19(18)28-22(25)20-21(27)26(17-12-6-3-7-13-17)23(29-20)24-16-10-4-2-5-11-16/h2-15H,1H3/b22-20-,24-23?. The van der Waals surface area contributed by atoms with Crippen LogP contribution >= 0.6 is 23.5 Å². The Bertz CT molecular complexity index is 1140. The minimum Gasteiger partial charge on any atom is -0.337 e. The SMILES string of the molecule is CN1/C(=C2/SC(=Nc3ccccc3)N(c3ccccc3)C2=O)Sc2ccccc21. The van der Waals surface area contributed by atoms with E-state index in [1.807, 2.05) is 79.8 Å². The van der Waals surface area contributed by atoms with Gasteiger partial charge in [-0.05, 0) is 48.2 Å². The van der Waals surface area contributed by atoms with Gasteiger partial charge in [-0.2, -0.15) is 0 Å². The normalized spacial score (nSPS) is 19.9. The number of amides is 1. The van der Waals surface area contributed by atoms with E-state index in [4.69, 9.17) is 4.99 Å². The van der Waals surface area contributed by atoms with Crippen molar-refractivity contribution in [2.24, 2.45) is 4.99 Å². The van der Waals surface area contributed by atoms with Crippen molar-refractivity contribution in [3.63, 3.8) is 0 Å². The van der Waals surface area contributed by atoms with Crippen LogP contribution in [0.15, 0.2) is 105 Å². The van der Waals surface area contributed by atoms with Gasteiger partial charge in [0.2, 0.25) is 0 Å². The Balaban J connectivity index is 1.61. The Morgan fingerprint density at radius 2 is 1.45 bits per heavy atom. The third kappa shape index (κ3) is 3.24. The summed E-state index contributed by atoms with van der Waals surface area (Å²) in [5, 5.41) is 1.61. The fraction of sp³-hybridized carbons (Fsp3) is 0.0435. The lowest BCUT2D eigenvalue weighted by molar-refractivity contribution is -0.113. The third-order valence-corrected chi connectivity index (χ3v) is 7.10. The molecule has 0 saturated carbocycles. The summed E-state index contributed by atoms with van der Waals surface area (Å²) in [5.74, 6) is -0.0435. The third-order valence-electron chi connectivity index (χ3n) is 4.71. The fourth-order valence-corrected chi connectivity index (χ4v) is 5.64. The molecule has 29 heavy (non-hydrogen) atoms. The number of hydrogen-bond acceptors (Lipinski definition) is 5. The highest BCUT2D eigenvalue weighted by Crippen LogP contribution is 2.50. The van der Waals surface area contributed by atoms with Crippen molar-refractivity contribution in [1.82, 2.24) is 0 Å². The van der Waals surface area contributed by atoms with E-state index < -0.39 is 0 Å². The second-order valence-electron chi connectivity index (χ2n) is 6.57. The van der Waals surface area contributed by atoms with Crippen LogP contribution in [0.25, 0.3) is 0 Å². The zero-order chi connectivity index (χ0) is 19.8. The van der Waals surface area contributed by atoms with Gasteiger partial charge in [-0.1, -0.05) is 60.3 Å². The Morgan fingerprint density at radius 3 is 2.17 bits per heavy atom. The van der Waals surface area contributed by atoms with Crippen LogP contribution in [0.2, 0.25) is 0 Å². The Hall–Kier alpha value is -2.96. The minimum absolute atomic E-state index is 0.0435. The molecule has 0 aliphatic carbocycles. The second kappa shape index (κ2) is 7.46. The predicted molar refractivity (Wildman–Crippen MR) is 123 cm³/mol. The number of carbonyl (C=O) groups excluding carboxylic acids is 1. The van der Waals surface area contributed by atoms with Gasteiger partial charge in [-0.3, -0.25) is 9.69 Å². The number of nitrogens with zero attached hydrogens (tertiary/aromatic N) is 3. The molecule has 0 aromatic heterocycles. The van der Waals surface area contributed by atoms with E-state index in [1.54, 1.807) is 16.7 Å². The van der Waals surface area contributed by atoms with E-state index >= 15 is 0 Å². The Labute approximate surface area is 177 Å². The maximum atomic E-state index is 13.5. The van der Waals surface area contributed by atoms with Crippen molar-refractivity contribution in [1.29, 1.82) is 0 Å². The molecule has 142 valence electrons. The first-order chi connectivity index (χ1) is 14.2. The van der Waals surface area contributed by atoms with Gasteiger partial charge in [0.05, 0.1) is 22.1 Å². The van der Waals surface area contributed by atoms with Crippen LogP contribution in [-0.2, 0) is 4.79 Å². The van der Waals surface area contributed by atoms with Crippen molar-refractivity contribution >= 4 is 51.7 Å². The van der Waals surface area contributed by atoms with Crippen LogP contribution in [0.3, 0.4) is 0 Å². The van der Waals surface area contributed by atoms with Crippen LogP contribution in [0.4, 0.5) is 17.1 Å². The largest absolute Gasteiger partial charge is 0.337 e. The molecule has 2 aliphatic heterocycles. The number of carbonyl (C=O) groups is 1. The number of aliphatic imine (C=N–C) groups is 1. The van der Waals surface area contributed by atoms with Crippen molar-refractivity contribution < 1.29 is 4.79 Å². The lowest BCUT2D eigenvalue weighted by atomic mass is 10.3.